The van der Waals surface area contributed by atoms with Crippen LogP contribution in [0, 0.1) is 3.57 Å². The van der Waals surface area contributed by atoms with Gasteiger partial charge >= 0.3 is 0 Å². The maximum atomic E-state index is 6.34. The van der Waals surface area contributed by atoms with Crippen LogP contribution in [0.4, 0.5) is 0 Å². The summed E-state index contributed by atoms with van der Waals surface area (Å²) in [6, 6.07) is 12.2. The van der Waals surface area contributed by atoms with Crippen molar-refractivity contribution in [1.82, 2.24) is 0 Å². The van der Waals surface area contributed by atoms with Crippen molar-refractivity contribution in [3.8, 4) is 5.75 Å². The highest BCUT2D eigenvalue weighted by atomic mass is 127. The molecule has 0 unspecified atom stereocenters. The first-order valence-electron chi connectivity index (χ1n) is 6.46. The Morgan fingerprint density at radius 1 is 1.25 bits per heavy atom. The molecule has 0 aliphatic carbocycles. The van der Waals surface area contributed by atoms with Crippen molar-refractivity contribution < 1.29 is 4.74 Å². The van der Waals surface area contributed by atoms with Gasteiger partial charge in [0.15, 0.2) is 0 Å². The van der Waals surface area contributed by atoms with Gasteiger partial charge in [-0.1, -0.05) is 36.4 Å². The van der Waals surface area contributed by atoms with Crippen molar-refractivity contribution in [3.63, 3.8) is 0 Å². The van der Waals surface area contributed by atoms with Gasteiger partial charge in [0.25, 0.3) is 0 Å². The second-order valence-electron chi connectivity index (χ2n) is 4.42. The summed E-state index contributed by atoms with van der Waals surface area (Å²) in [6.07, 6.45) is 2.65. The Labute approximate surface area is 138 Å². The third-order valence-electron chi connectivity index (χ3n) is 3.01. The molecular formula is C17H16ClIO. The number of hydrogen-bond donors (Lipinski definition) is 0. The van der Waals surface area contributed by atoms with E-state index in [1.54, 1.807) is 0 Å². The van der Waals surface area contributed by atoms with Gasteiger partial charge in [-0.15, -0.1) is 0 Å². The summed E-state index contributed by atoms with van der Waals surface area (Å²) in [5, 5.41) is 0.786. The fourth-order valence-corrected chi connectivity index (χ4v) is 2.98. The lowest BCUT2D eigenvalue weighted by Gasteiger charge is -2.09. The van der Waals surface area contributed by atoms with Crippen molar-refractivity contribution in [2.75, 3.05) is 6.61 Å². The third-order valence-corrected chi connectivity index (χ3v) is 4.30. The van der Waals surface area contributed by atoms with Gasteiger partial charge in [0, 0.05) is 8.59 Å². The Kier molecular flexibility index (Phi) is 5.49. The van der Waals surface area contributed by atoms with Crippen LogP contribution in [0.1, 0.15) is 23.6 Å². The molecule has 0 saturated heterocycles. The normalized spacial score (nSPS) is 10.3. The van der Waals surface area contributed by atoms with Gasteiger partial charge in [0.1, 0.15) is 5.75 Å². The predicted octanol–water partition coefficient (Wildman–Crippen LogP) is 5.58. The SMILES string of the molecule is C=Cc1cc(Cl)c(Cc2ccc(OCC)cc2)cc1I. The van der Waals surface area contributed by atoms with E-state index in [0.717, 1.165) is 28.3 Å². The van der Waals surface area contributed by atoms with Crippen LogP contribution < -0.4 is 4.74 Å². The molecule has 0 bridgehead atoms. The van der Waals surface area contributed by atoms with E-state index in [0.29, 0.717) is 6.61 Å². The smallest absolute Gasteiger partial charge is 0.119 e. The standard InChI is InChI=1S/C17H16ClIO/c1-3-13-10-16(18)14(11-17(13)19)9-12-5-7-15(8-6-12)20-4-2/h3,5-8,10-11H,1,4,9H2,2H3. The molecule has 0 aliphatic rings. The minimum atomic E-state index is 0.687. The van der Waals surface area contributed by atoms with Gasteiger partial charge < -0.3 is 4.74 Å². The largest absolute Gasteiger partial charge is 0.494 e. The van der Waals surface area contributed by atoms with E-state index < -0.39 is 0 Å². The Bertz CT molecular complexity index is 605. The molecule has 2 aromatic carbocycles. The maximum Gasteiger partial charge on any atom is 0.119 e. The molecule has 0 radical (unpaired) electrons. The zero-order valence-electron chi connectivity index (χ0n) is 11.3. The van der Waals surface area contributed by atoms with Crippen LogP contribution in [0.2, 0.25) is 5.02 Å². The average Bonchev–Trinajstić information content (AvgIpc) is 2.45. The van der Waals surface area contributed by atoms with Gasteiger partial charge in [-0.25, -0.2) is 0 Å². The molecule has 2 rings (SSSR count). The summed E-state index contributed by atoms with van der Waals surface area (Å²) in [4.78, 5) is 0. The minimum Gasteiger partial charge on any atom is -0.494 e. The number of ether oxygens (including phenoxy) is 1. The van der Waals surface area contributed by atoms with E-state index in [2.05, 4.69) is 47.4 Å². The molecular weight excluding hydrogens is 383 g/mol. The van der Waals surface area contributed by atoms with Crippen LogP contribution in [0.5, 0.6) is 5.75 Å². The van der Waals surface area contributed by atoms with E-state index in [1.807, 2.05) is 31.2 Å². The van der Waals surface area contributed by atoms with Crippen molar-refractivity contribution in [2.24, 2.45) is 0 Å². The Morgan fingerprint density at radius 3 is 2.55 bits per heavy atom. The van der Waals surface area contributed by atoms with Crippen LogP contribution in [0.3, 0.4) is 0 Å². The monoisotopic (exact) mass is 398 g/mol. The lowest BCUT2D eigenvalue weighted by atomic mass is 10.0. The van der Waals surface area contributed by atoms with E-state index >= 15 is 0 Å². The summed E-state index contributed by atoms with van der Waals surface area (Å²) in [7, 11) is 0. The molecule has 3 heteroatoms. The van der Waals surface area contributed by atoms with E-state index in [9.17, 15) is 0 Å². The van der Waals surface area contributed by atoms with E-state index in [-0.39, 0.29) is 0 Å². The van der Waals surface area contributed by atoms with Crippen LogP contribution in [-0.4, -0.2) is 6.61 Å². The average molecular weight is 399 g/mol. The van der Waals surface area contributed by atoms with Crippen LogP contribution >= 0.6 is 34.2 Å². The number of hydrogen-bond acceptors (Lipinski definition) is 1. The molecule has 0 saturated carbocycles. The Hall–Kier alpha value is -1.00. The second kappa shape index (κ2) is 7.14. The zero-order valence-corrected chi connectivity index (χ0v) is 14.2. The van der Waals surface area contributed by atoms with Gasteiger partial charge in [0.2, 0.25) is 0 Å². The highest BCUT2D eigenvalue weighted by Crippen LogP contribution is 2.26. The summed E-state index contributed by atoms with van der Waals surface area (Å²) in [5.41, 5.74) is 3.43. The molecule has 0 spiro atoms. The Morgan fingerprint density at radius 2 is 1.95 bits per heavy atom. The van der Waals surface area contributed by atoms with Gasteiger partial charge in [-0.3, -0.25) is 0 Å². The molecule has 2 aromatic rings. The second-order valence-corrected chi connectivity index (χ2v) is 5.99. The lowest BCUT2D eigenvalue weighted by Crippen LogP contribution is -1.94. The highest BCUT2D eigenvalue weighted by molar-refractivity contribution is 14.1. The molecule has 20 heavy (non-hydrogen) atoms. The third kappa shape index (κ3) is 3.76. The molecule has 0 N–H and O–H groups in total. The summed E-state index contributed by atoms with van der Waals surface area (Å²) >= 11 is 8.65. The van der Waals surface area contributed by atoms with Crippen LogP contribution in [0.25, 0.3) is 6.08 Å². The molecule has 0 aliphatic heterocycles. The van der Waals surface area contributed by atoms with Crippen LogP contribution in [0.15, 0.2) is 43.0 Å². The highest BCUT2D eigenvalue weighted by Gasteiger charge is 2.06. The van der Waals surface area contributed by atoms with E-state index in [4.69, 9.17) is 16.3 Å². The first-order valence-corrected chi connectivity index (χ1v) is 7.91. The van der Waals surface area contributed by atoms with E-state index in [1.165, 1.54) is 9.13 Å². The first-order chi connectivity index (χ1) is 9.63. The first kappa shape index (κ1) is 15.4. The van der Waals surface area contributed by atoms with Crippen molar-refractivity contribution in [3.05, 3.63) is 68.3 Å². The maximum absolute atomic E-state index is 6.34. The minimum absolute atomic E-state index is 0.687. The summed E-state index contributed by atoms with van der Waals surface area (Å²) in [6.45, 7) is 6.47. The fraction of sp³-hybridized carbons (Fsp3) is 0.176. The number of benzene rings is 2. The molecule has 0 heterocycles. The van der Waals surface area contributed by atoms with Gasteiger partial charge in [-0.2, -0.15) is 0 Å². The van der Waals surface area contributed by atoms with Crippen molar-refractivity contribution in [2.45, 2.75) is 13.3 Å². The number of halogens is 2. The fourth-order valence-electron chi connectivity index (χ4n) is 1.99. The molecule has 1 nitrogen and oxygen atoms in total. The summed E-state index contributed by atoms with van der Waals surface area (Å²) < 4.78 is 6.62. The molecule has 0 amide bonds. The van der Waals surface area contributed by atoms with Crippen molar-refractivity contribution in [1.29, 1.82) is 0 Å². The summed E-state index contributed by atoms with van der Waals surface area (Å²) in [5.74, 6) is 0.902. The van der Waals surface area contributed by atoms with Crippen LogP contribution in [-0.2, 0) is 6.42 Å². The molecule has 0 atom stereocenters. The van der Waals surface area contributed by atoms with Gasteiger partial charge in [0.05, 0.1) is 6.61 Å². The molecule has 0 aromatic heterocycles. The Balaban J connectivity index is 2.21. The topological polar surface area (TPSA) is 9.23 Å². The lowest BCUT2D eigenvalue weighted by molar-refractivity contribution is 0.340. The number of rotatable bonds is 5. The van der Waals surface area contributed by atoms with Gasteiger partial charge in [-0.05, 0) is 76.9 Å². The van der Waals surface area contributed by atoms with Crippen molar-refractivity contribution >= 4 is 40.3 Å². The molecule has 0 fully saturated rings. The zero-order chi connectivity index (χ0) is 14.5. The quantitative estimate of drug-likeness (QED) is 0.598. The molecule has 104 valence electrons. The predicted molar refractivity (Wildman–Crippen MR) is 94.7 cm³/mol.